The number of hydrogen-bond acceptors (Lipinski definition) is 3. The number of aromatic nitrogens is 2. The van der Waals surface area contributed by atoms with E-state index in [-0.39, 0.29) is 0 Å². The number of para-hydroxylation sites is 1. The van der Waals surface area contributed by atoms with Crippen LogP contribution in [0.4, 0.5) is 5.69 Å². The minimum atomic E-state index is 0.964. The lowest BCUT2D eigenvalue weighted by atomic mass is 10.1. The molecule has 4 aromatic rings. The SMILES string of the molecule is Cc1n[nH]c(C)c1Sc1ccccc1N=Cc1ccc2ccccc2c1. The minimum Gasteiger partial charge on any atom is -0.281 e. The van der Waals surface area contributed by atoms with E-state index in [1.54, 1.807) is 11.8 Å². The predicted molar refractivity (Wildman–Crippen MR) is 110 cm³/mol. The minimum absolute atomic E-state index is 0.964. The van der Waals surface area contributed by atoms with Gasteiger partial charge in [-0.2, -0.15) is 5.10 Å². The zero-order valence-corrected chi connectivity index (χ0v) is 15.5. The fourth-order valence-corrected chi connectivity index (χ4v) is 3.87. The van der Waals surface area contributed by atoms with Gasteiger partial charge in [-0.05, 0) is 48.4 Å². The first-order chi connectivity index (χ1) is 12.7. The maximum absolute atomic E-state index is 4.75. The second-order valence-corrected chi connectivity index (χ2v) is 7.25. The first-order valence-electron chi connectivity index (χ1n) is 8.52. The zero-order chi connectivity index (χ0) is 17.9. The summed E-state index contributed by atoms with van der Waals surface area (Å²) in [5, 5.41) is 9.79. The summed E-state index contributed by atoms with van der Waals surface area (Å²) >= 11 is 1.70. The second-order valence-electron chi connectivity index (χ2n) is 6.20. The van der Waals surface area contributed by atoms with E-state index >= 15 is 0 Å². The van der Waals surface area contributed by atoms with Crippen molar-refractivity contribution in [3.05, 3.63) is 83.7 Å². The van der Waals surface area contributed by atoms with Gasteiger partial charge in [0, 0.05) is 16.8 Å². The van der Waals surface area contributed by atoms with Gasteiger partial charge in [-0.1, -0.05) is 60.3 Å². The number of nitrogens with one attached hydrogen (secondary N) is 1. The number of aromatic amines is 1. The quantitative estimate of drug-likeness (QED) is 0.450. The van der Waals surface area contributed by atoms with Crippen LogP contribution in [0.3, 0.4) is 0 Å². The van der Waals surface area contributed by atoms with E-state index in [4.69, 9.17) is 4.99 Å². The summed E-state index contributed by atoms with van der Waals surface area (Å²) in [6, 6.07) is 23.0. The lowest BCUT2D eigenvalue weighted by molar-refractivity contribution is 1.02. The molecule has 0 aliphatic heterocycles. The van der Waals surface area contributed by atoms with Gasteiger partial charge in [0.15, 0.2) is 0 Å². The van der Waals surface area contributed by atoms with Crippen LogP contribution in [-0.2, 0) is 0 Å². The third kappa shape index (κ3) is 3.41. The third-order valence-corrected chi connectivity index (χ3v) is 5.63. The highest BCUT2D eigenvalue weighted by molar-refractivity contribution is 7.99. The van der Waals surface area contributed by atoms with E-state index in [9.17, 15) is 0 Å². The average molecular weight is 357 g/mol. The number of fused-ring (bicyclic) bond motifs is 1. The Bertz CT molecular complexity index is 1080. The Labute approximate surface area is 157 Å². The van der Waals surface area contributed by atoms with Crippen LogP contribution in [0, 0.1) is 13.8 Å². The third-order valence-electron chi connectivity index (χ3n) is 4.26. The summed E-state index contributed by atoms with van der Waals surface area (Å²) in [6.45, 7) is 4.07. The second kappa shape index (κ2) is 7.18. The van der Waals surface area contributed by atoms with Gasteiger partial charge in [0.1, 0.15) is 0 Å². The van der Waals surface area contributed by atoms with Crippen molar-refractivity contribution in [2.75, 3.05) is 0 Å². The molecular weight excluding hydrogens is 338 g/mol. The van der Waals surface area contributed by atoms with Gasteiger partial charge < -0.3 is 0 Å². The number of hydrogen-bond donors (Lipinski definition) is 1. The van der Waals surface area contributed by atoms with Gasteiger partial charge >= 0.3 is 0 Å². The molecule has 0 aliphatic carbocycles. The predicted octanol–water partition coefficient (Wildman–Crippen LogP) is 6.08. The van der Waals surface area contributed by atoms with Crippen LogP contribution in [0.15, 0.2) is 81.5 Å². The Hall–Kier alpha value is -2.85. The molecular formula is C22H19N3S. The normalized spacial score (nSPS) is 11.5. The molecule has 0 aliphatic rings. The van der Waals surface area contributed by atoms with Crippen molar-refractivity contribution in [3.8, 4) is 0 Å². The molecule has 1 N–H and O–H groups in total. The highest BCUT2D eigenvalue weighted by atomic mass is 32.2. The van der Waals surface area contributed by atoms with Gasteiger partial charge in [-0.15, -0.1) is 0 Å². The maximum Gasteiger partial charge on any atom is 0.0769 e. The molecule has 0 saturated heterocycles. The van der Waals surface area contributed by atoms with Crippen LogP contribution in [0.1, 0.15) is 17.0 Å². The Morgan fingerprint density at radius 1 is 0.923 bits per heavy atom. The fraction of sp³-hybridized carbons (Fsp3) is 0.0909. The smallest absolute Gasteiger partial charge is 0.0769 e. The number of aliphatic imine (C=N–C) groups is 1. The first kappa shape index (κ1) is 16.6. The van der Waals surface area contributed by atoms with Gasteiger partial charge in [0.2, 0.25) is 0 Å². The van der Waals surface area contributed by atoms with E-state index in [2.05, 4.69) is 58.7 Å². The number of H-pyrrole nitrogens is 1. The number of nitrogens with zero attached hydrogens (tertiary/aromatic N) is 2. The molecule has 4 rings (SSSR count). The molecule has 1 heterocycles. The monoisotopic (exact) mass is 357 g/mol. The Morgan fingerprint density at radius 3 is 2.50 bits per heavy atom. The largest absolute Gasteiger partial charge is 0.281 e. The van der Waals surface area contributed by atoms with Gasteiger partial charge in [0.05, 0.1) is 16.3 Å². The molecule has 0 spiro atoms. The molecule has 0 fully saturated rings. The molecule has 0 bridgehead atoms. The van der Waals surface area contributed by atoms with Crippen LogP contribution in [0.5, 0.6) is 0 Å². The summed E-state index contributed by atoms with van der Waals surface area (Å²) in [5.41, 5.74) is 4.16. The molecule has 0 atom stereocenters. The molecule has 0 saturated carbocycles. The van der Waals surface area contributed by atoms with Crippen LogP contribution in [0.2, 0.25) is 0 Å². The molecule has 3 aromatic carbocycles. The molecule has 0 amide bonds. The lowest BCUT2D eigenvalue weighted by Gasteiger charge is -2.05. The molecule has 26 heavy (non-hydrogen) atoms. The van der Waals surface area contributed by atoms with Gasteiger partial charge in [-0.25, -0.2) is 0 Å². The lowest BCUT2D eigenvalue weighted by Crippen LogP contribution is -1.83. The highest BCUT2D eigenvalue weighted by Crippen LogP contribution is 2.37. The van der Waals surface area contributed by atoms with Crippen LogP contribution in [-0.4, -0.2) is 16.4 Å². The van der Waals surface area contributed by atoms with Crippen molar-refractivity contribution >= 4 is 34.4 Å². The number of aryl methyl sites for hydroxylation is 2. The summed E-state index contributed by atoms with van der Waals surface area (Å²) in [6.07, 6.45) is 1.93. The van der Waals surface area contributed by atoms with Gasteiger partial charge in [0.25, 0.3) is 0 Å². The summed E-state index contributed by atoms with van der Waals surface area (Å²) in [4.78, 5) is 7.03. The van der Waals surface area contributed by atoms with Crippen molar-refractivity contribution in [1.82, 2.24) is 10.2 Å². The molecule has 1 aromatic heterocycles. The molecule has 128 valence electrons. The van der Waals surface area contributed by atoms with Crippen LogP contribution in [0.25, 0.3) is 10.8 Å². The average Bonchev–Trinajstić information content (AvgIpc) is 2.99. The van der Waals surface area contributed by atoms with Crippen LogP contribution < -0.4 is 0 Å². The Kier molecular flexibility index (Phi) is 4.59. The van der Waals surface area contributed by atoms with Crippen molar-refractivity contribution in [1.29, 1.82) is 0 Å². The fourth-order valence-electron chi connectivity index (χ4n) is 2.88. The van der Waals surface area contributed by atoms with E-state index in [1.807, 2.05) is 38.3 Å². The zero-order valence-electron chi connectivity index (χ0n) is 14.7. The standard InChI is InChI=1S/C22H19N3S/c1-15-22(16(2)25-24-15)26-21-10-6-5-9-20(21)23-14-17-11-12-18-7-3-4-8-19(18)13-17/h3-14H,1-2H3,(H,24,25). The van der Waals surface area contributed by atoms with Crippen molar-refractivity contribution in [3.63, 3.8) is 0 Å². The maximum atomic E-state index is 4.75. The van der Waals surface area contributed by atoms with E-state index in [0.29, 0.717) is 0 Å². The Morgan fingerprint density at radius 2 is 1.69 bits per heavy atom. The molecule has 0 radical (unpaired) electrons. The van der Waals surface area contributed by atoms with Crippen LogP contribution >= 0.6 is 11.8 Å². The van der Waals surface area contributed by atoms with E-state index in [1.165, 1.54) is 15.7 Å². The summed E-state index contributed by atoms with van der Waals surface area (Å²) in [5.74, 6) is 0. The van der Waals surface area contributed by atoms with Gasteiger partial charge in [-0.3, -0.25) is 10.1 Å². The molecule has 0 unspecified atom stereocenters. The van der Waals surface area contributed by atoms with Crippen molar-refractivity contribution in [2.45, 2.75) is 23.6 Å². The van der Waals surface area contributed by atoms with Crippen molar-refractivity contribution < 1.29 is 0 Å². The topological polar surface area (TPSA) is 41.0 Å². The van der Waals surface area contributed by atoms with Crippen molar-refractivity contribution in [2.24, 2.45) is 4.99 Å². The molecule has 4 heteroatoms. The number of rotatable bonds is 4. The van der Waals surface area contributed by atoms with E-state index in [0.717, 1.165) is 27.5 Å². The molecule has 3 nitrogen and oxygen atoms in total. The highest BCUT2D eigenvalue weighted by Gasteiger charge is 2.10. The summed E-state index contributed by atoms with van der Waals surface area (Å²) < 4.78 is 0. The first-order valence-corrected chi connectivity index (χ1v) is 9.34. The Balaban J connectivity index is 1.64. The number of benzene rings is 3. The summed E-state index contributed by atoms with van der Waals surface area (Å²) in [7, 11) is 0. The van der Waals surface area contributed by atoms with E-state index < -0.39 is 0 Å².